The number of halogens is 2. The summed E-state index contributed by atoms with van der Waals surface area (Å²) in [6.45, 7) is 3.11. The molecule has 2 aromatic carbocycles. The Balaban J connectivity index is 1.87. The quantitative estimate of drug-likeness (QED) is 0.489. The van der Waals surface area contributed by atoms with E-state index in [0.717, 1.165) is 11.3 Å². The number of rotatable bonds is 7. The van der Waals surface area contributed by atoms with Crippen LogP contribution in [-0.2, 0) is 13.1 Å². The molecule has 0 bridgehead atoms. The van der Waals surface area contributed by atoms with Crippen molar-refractivity contribution in [3.8, 4) is 5.75 Å². The van der Waals surface area contributed by atoms with Crippen LogP contribution >= 0.6 is 23.8 Å². The van der Waals surface area contributed by atoms with Crippen LogP contribution in [0.1, 0.15) is 18.1 Å². The molecular formula is C22H21ClFN3OS. The summed E-state index contributed by atoms with van der Waals surface area (Å²) in [7, 11) is 0. The Kier molecular flexibility index (Phi) is 7.38. The number of hydrogen-bond donors (Lipinski definition) is 1. The van der Waals surface area contributed by atoms with Gasteiger partial charge in [-0.1, -0.05) is 35.9 Å². The largest absolute Gasteiger partial charge is 0.492 e. The lowest BCUT2D eigenvalue weighted by Gasteiger charge is -2.27. The van der Waals surface area contributed by atoms with E-state index in [4.69, 9.17) is 28.6 Å². The molecule has 29 heavy (non-hydrogen) atoms. The van der Waals surface area contributed by atoms with E-state index >= 15 is 0 Å². The number of ether oxygens (including phenoxy) is 1. The molecular weight excluding hydrogens is 409 g/mol. The minimum Gasteiger partial charge on any atom is -0.492 e. The van der Waals surface area contributed by atoms with Gasteiger partial charge in [0.05, 0.1) is 12.3 Å². The second-order valence-corrected chi connectivity index (χ2v) is 7.07. The van der Waals surface area contributed by atoms with Crippen molar-refractivity contribution in [2.24, 2.45) is 0 Å². The van der Waals surface area contributed by atoms with Crippen LogP contribution in [0, 0.1) is 5.82 Å². The number of nitrogens with one attached hydrogen (secondary N) is 1. The van der Waals surface area contributed by atoms with Crippen LogP contribution in [0.3, 0.4) is 0 Å². The van der Waals surface area contributed by atoms with Gasteiger partial charge in [-0.25, -0.2) is 4.39 Å². The van der Waals surface area contributed by atoms with Gasteiger partial charge >= 0.3 is 0 Å². The molecule has 150 valence electrons. The van der Waals surface area contributed by atoms with Crippen LogP contribution < -0.4 is 10.1 Å². The van der Waals surface area contributed by atoms with Crippen molar-refractivity contribution in [3.05, 3.63) is 89.0 Å². The predicted octanol–water partition coefficient (Wildman–Crippen LogP) is 5.67. The Morgan fingerprint density at radius 3 is 2.69 bits per heavy atom. The minimum absolute atomic E-state index is 0.211. The Morgan fingerprint density at radius 2 is 1.97 bits per heavy atom. The third-order valence-electron chi connectivity index (χ3n) is 4.22. The number of thiocarbonyl (C=S) groups is 1. The van der Waals surface area contributed by atoms with Crippen molar-refractivity contribution < 1.29 is 9.13 Å². The zero-order valence-corrected chi connectivity index (χ0v) is 17.5. The molecule has 0 spiro atoms. The molecule has 0 aliphatic carbocycles. The first kappa shape index (κ1) is 21.0. The average molecular weight is 430 g/mol. The van der Waals surface area contributed by atoms with Gasteiger partial charge in [-0.3, -0.25) is 4.98 Å². The van der Waals surface area contributed by atoms with E-state index in [1.165, 1.54) is 6.07 Å². The molecule has 0 aliphatic heterocycles. The summed E-state index contributed by atoms with van der Waals surface area (Å²) in [4.78, 5) is 6.00. The summed E-state index contributed by atoms with van der Waals surface area (Å²) in [5.41, 5.74) is 2.08. The normalized spacial score (nSPS) is 10.4. The van der Waals surface area contributed by atoms with Crippen LogP contribution in [-0.4, -0.2) is 21.6 Å². The van der Waals surface area contributed by atoms with Crippen molar-refractivity contribution in [2.45, 2.75) is 20.0 Å². The van der Waals surface area contributed by atoms with E-state index < -0.39 is 0 Å². The molecule has 7 heteroatoms. The summed E-state index contributed by atoms with van der Waals surface area (Å²) >= 11 is 11.9. The zero-order valence-electron chi connectivity index (χ0n) is 15.9. The van der Waals surface area contributed by atoms with Crippen LogP contribution in [0.15, 0.2) is 67.0 Å². The summed E-state index contributed by atoms with van der Waals surface area (Å²) < 4.78 is 20.1. The third-order valence-corrected chi connectivity index (χ3v) is 4.94. The third kappa shape index (κ3) is 5.65. The fourth-order valence-corrected chi connectivity index (χ4v) is 3.29. The first-order chi connectivity index (χ1) is 14.1. The lowest BCUT2D eigenvalue weighted by Crippen LogP contribution is -2.34. The zero-order chi connectivity index (χ0) is 20.6. The highest BCUT2D eigenvalue weighted by Gasteiger charge is 2.17. The Bertz CT molecular complexity index is 951. The van der Waals surface area contributed by atoms with Gasteiger partial charge in [-0.05, 0) is 55.0 Å². The molecule has 0 atom stereocenters. The SMILES string of the molecule is CCOc1ccccc1NC(=S)N(Cc1cccnc1)Cc1c(F)cccc1Cl. The number of aromatic nitrogens is 1. The van der Waals surface area contributed by atoms with E-state index in [2.05, 4.69) is 10.3 Å². The molecule has 3 aromatic rings. The number of anilines is 1. The van der Waals surface area contributed by atoms with E-state index in [0.29, 0.717) is 34.6 Å². The molecule has 1 heterocycles. The molecule has 0 amide bonds. The van der Waals surface area contributed by atoms with E-state index in [9.17, 15) is 4.39 Å². The Labute approximate surface area is 180 Å². The van der Waals surface area contributed by atoms with Crippen LogP contribution in [0.25, 0.3) is 0 Å². The second-order valence-electron chi connectivity index (χ2n) is 6.28. The van der Waals surface area contributed by atoms with Crippen LogP contribution in [0.4, 0.5) is 10.1 Å². The number of pyridine rings is 1. The first-order valence-corrected chi connectivity index (χ1v) is 9.96. The van der Waals surface area contributed by atoms with Crippen LogP contribution in [0.2, 0.25) is 5.02 Å². The maximum Gasteiger partial charge on any atom is 0.174 e. The summed E-state index contributed by atoms with van der Waals surface area (Å²) in [6.07, 6.45) is 3.46. The predicted molar refractivity (Wildman–Crippen MR) is 119 cm³/mol. The van der Waals surface area contributed by atoms with Gasteiger partial charge < -0.3 is 15.0 Å². The molecule has 3 rings (SSSR count). The van der Waals surface area contributed by atoms with Gasteiger partial charge in [0.25, 0.3) is 0 Å². The monoisotopic (exact) mass is 429 g/mol. The molecule has 0 radical (unpaired) electrons. The van der Waals surface area contributed by atoms with Gasteiger partial charge in [0.1, 0.15) is 11.6 Å². The van der Waals surface area contributed by atoms with Gasteiger partial charge in [-0.15, -0.1) is 0 Å². The van der Waals surface area contributed by atoms with Crippen molar-refractivity contribution in [1.29, 1.82) is 0 Å². The minimum atomic E-state index is -0.369. The standard InChI is InChI=1S/C22H21ClFN3OS/c1-2-28-21-11-4-3-10-20(21)26-22(29)27(14-16-7-6-12-25-13-16)15-17-18(23)8-5-9-19(17)24/h3-13H,2,14-15H2,1H3,(H,26,29). The first-order valence-electron chi connectivity index (χ1n) is 9.18. The van der Waals surface area contributed by atoms with E-state index in [1.54, 1.807) is 24.5 Å². The molecule has 1 aromatic heterocycles. The molecule has 4 nitrogen and oxygen atoms in total. The van der Waals surface area contributed by atoms with Gasteiger partial charge in [0, 0.05) is 36.1 Å². The topological polar surface area (TPSA) is 37.4 Å². The fourth-order valence-electron chi connectivity index (χ4n) is 2.83. The molecule has 0 saturated heterocycles. The maximum atomic E-state index is 14.4. The van der Waals surface area contributed by atoms with Crippen molar-refractivity contribution in [1.82, 2.24) is 9.88 Å². The van der Waals surface area contributed by atoms with Crippen molar-refractivity contribution in [2.75, 3.05) is 11.9 Å². The maximum absolute atomic E-state index is 14.4. The Hall–Kier alpha value is -2.70. The lowest BCUT2D eigenvalue weighted by atomic mass is 10.2. The smallest absolute Gasteiger partial charge is 0.174 e. The number of para-hydroxylation sites is 2. The average Bonchev–Trinajstić information content (AvgIpc) is 2.72. The molecule has 1 N–H and O–H groups in total. The summed E-state index contributed by atoms with van der Waals surface area (Å²) in [6, 6.07) is 16.0. The highest BCUT2D eigenvalue weighted by Crippen LogP contribution is 2.26. The Morgan fingerprint density at radius 1 is 1.14 bits per heavy atom. The molecule has 0 saturated carbocycles. The van der Waals surface area contributed by atoms with Gasteiger partial charge in [-0.2, -0.15) is 0 Å². The molecule has 0 aliphatic rings. The lowest BCUT2D eigenvalue weighted by molar-refractivity contribution is 0.341. The number of hydrogen-bond acceptors (Lipinski definition) is 3. The van der Waals surface area contributed by atoms with E-state index in [-0.39, 0.29) is 12.4 Å². The van der Waals surface area contributed by atoms with Gasteiger partial charge in [0.2, 0.25) is 0 Å². The van der Waals surface area contributed by atoms with Crippen LogP contribution in [0.5, 0.6) is 5.75 Å². The number of nitrogens with zero attached hydrogens (tertiary/aromatic N) is 2. The molecule has 0 unspecified atom stereocenters. The van der Waals surface area contributed by atoms with Gasteiger partial charge in [0.15, 0.2) is 5.11 Å². The summed E-state index contributed by atoms with van der Waals surface area (Å²) in [5.74, 6) is 0.328. The molecule has 0 fully saturated rings. The van der Waals surface area contributed by atoms with Crippen molar-refractivity contribution in [3.63, 3.8) is 0 Å². The van der Waals surface area contributed by atoms with E-state index in [1.807, 2.05) is 48.2 Å². The number of benzene rings is 2. The second kappa shape index (κ2) is 10.2. The van der Waals surface area contributed by atoms with Crippen molar-refractivity contribution >= 4 is 34.6 Å². The summed E-state index contributed by atoms with van der Waals surface area (Å²) in [5, 5.41) is 4.01. The highest BCUT2D eigenvalue weighted by atomic mass is 35.5. The fraction of sp³-hybridized carbons (Fsp3) is 0.182. The highest BCUT2D eigenvalue weighted by molar-refractivity contribution is 7.80.